The van der Waals surface area contributed by atoms with E-state index in [4.69, 9.17) is 0 Å². The van der Waals surface area contributed by atoms with Gasteiger partial charge in [-0.15, -0.1) is 0 Å². The first-order valence-electron chi connectivity index (χ1n) is 5.51. The van der Waals surface area contributed by atoms with E-state index < -0.39 is 0 Å². The summed E-state index contributed by atoms with van der Waals surface area (Å²) >= 11 is 3.43. The second-order valence-corrected chi connectivity index (χ2v) is 4.78. The van der Waals surface area contributed by atoms with Crippen LogP contribution in [0.3, 0.4) is 0 Å². The second kappa shape index (κ2) is 5.31. The van der Waals surface area contributed by atoms with Gasteiger partial charge in [0.1, 0.15) is 5.82 Å². The fourth-order valence-corrected chi connectivity index (χ4v) is 1.78. The Morgan fingerprint density at radius 2 is 2.18 bits per heavy atom. The van der Waals surface area contributed by atoms with Crippen LogP contribution in [0.4, 0.5) is 5.82 Å². The van der Waals surface area contributed by atoms with Crippen molar-refractivity contribution in [3.05, 3.63) is 40.3 Å². The van der Waals surface area contributed by atoms with Gasteiger partial charge in [-0.2, -0.15) is 5.10 Å². The summed E-state index contributed by atoms with van der Waals surface area (Å²) in [7, 11) is 1.93. The number of rotatable bonds is 4. The predicted molar refractivity (Wildman–Crippen MR) is 72.1 cm³/mol. The van der Waals surface area contributed by atoms with Crippen LogP contribution in [-0.4, -0.2) is 21.3 Å². The quantitative estimate of drug-likeness (QED) is 0.942. The first-order chi connectivity index (χ1) is 8.15. The molecule has 90 valence electrons. The molecule has 0 radical (unpaired) electrons. The lowest BCUT2D eigenvalue weighted by Crippen LogP contribution is -2.07. The molecule has 0 unspecified atom stereocenters. The number of hydrogen-bond acceptors (Lipinski definition) is 3. The molecule has 0 aliphatic heterocycles. The minimum atomic E-state index is 0.838. The monoisotopic (exact) mass is 294 g/mol. The van der Waals surface area contributed by atoms with E-state index >= 15 is 0 Å². The van der Waals surface area contributed by atoms with Gasteiger partial charge in [-0.05, 0) is 41.1 Å². The van der Waals surface area contributed by atoms with Crippen molar-refractivity contribution in [2.75, 3.05) is 11.9 Å². The van der Waals surface area contributed by atoms with Gasteiger partial charge in [-0.1, -0.05) is 0 Å². The van der Waals surface area contributed by atoms with Crippen LogP contribution in [-0.2, 0) is 13.5 Å². The average molecular weight is 295 g/mol. The molecule has 17 heavy (non-hydrogen) atoms. The number of nitrogens with zero attached hydrogens (tertiary/aromatic N) is 3. The zero-order valence-electron chi connectivity index (χ0n) is 9.94. The molecule has 5 heteroatoms. The molecule has 0 aromatic carbocycles. The molecule has 1 N–H and O–H groups in total. The van der Waals surface area contributed by atoms with Gasteiger partial charge in [-0.3, -0.25) is 4.68 Å². The molecule has 0 aliphatic rings. The summed E-state index contributed by atoms with van der Waals surface area (Å²) in [6.45, 7) is 2.82. The lowest BCUT2D eigenvalue weighted by molar-refractivity contribution is 0.742. The van der Waals surface area contributed by atoms with E-state index in [1.165, 1.54) is 0 Å². The third-order valence-corrected chi connectivity index (χ3v) is 3.32. The van der Waals surface area contributed by atoms with Crippen LogP contribution in [0, 0.1) is 6.92 Å². The molecule has 0 atom stereocenters. The van der Waals surface area contributed by atoms with Crippen molar-refractivity contribution < 1.29 is 0 Å². The SMILES string of the molecule is Cc1nc(NCCc2ccn(C)n2)ccc1Br. The summed E-state index contributed by atoms with van der Waals surface area (Å²) < 4.78 is 2.85. The van der Waals surface area contributed by atoms with Crippen LogP contribution >= 0.6 is 15.9 Å². The standard InChI is InChI=1S/C12H15BrN4/c1-9-11(13)3-4-12(15-9)14-7-5-10-6-8-17(2)16-10/h3-4,6,8H,5,7H2,1-2H3,(H,14,15). The number of halogens is 1. The number of anilines is 1. The largest absolute Gasteiger partial charge is 0.370 e. The Morgan fingerprint density at radius 3 is 2.82 bits per heavy atom. The van der Waals surface area contributed by atoms with Crippen molar-refractivity contribution >= 4 is 21.7 Å². The summed E-state index contributed by atoms with van der Waals surface area (Å²) in [5.41, 5.74) is 2.08. The molecule has 2 aromatic heterocycles. The van der Waals surface area contributed by atoms with Crippen molar-refractivity contribution in [2.45, 2.75) is 13.3 Å². The lowest BCUT2D eigenvalue weighted by Gasteiger charge is -2.06. The van der Waals surface area contributed by atoms with Crippen LogP contribution in [0.25, 0.3) is 0 Å². The number of nitrogens with one attached hydrogen (secondary N) is 1. The topological polar surface area (TPSA) is 42.7 Å². The van der Waals surface area contributed by atoms with Crippen molar-refractivity contribution in [3.63, 3.8) is 0 Å². The van der Waals surface area contributed by atoms with Gasteiger partial charge in [0.15, 0.2) is 0 Å². The molecule has 2 aromatic rings. The molecule has 2 rings (SSSR count). The highest BCUT2D eigenvalue weighted by molar-refractivity contribution is 9.10. The lowest BCUT2D eigenvalue weighted by atomic mass is 10.3. The third kappa shape index (κ3) is 3.30. The van der Waals surface area contributed by atoms with Crippen LogP contribution in [0.2, 0.25) is 0 Å². The molecular weight excluding hydrogens is 280 g/mol. The van der Waals surface area contributed by atoms with Crippen molar-refractivity contribution in [3.8, 4) is 0 Å². The molecule has 0 spiro atoms. The van der Waals surface area contributed by atoms with Crippen molar-refractivity contribution in [1.82, 2.24) is 14.8 Å². The number of hydrogen-bond donors (Lipinski definition) is 1. The Labute approximate surface area is 109 Å². The average Bonchev–Trinajstić information content (AvgIpc) is 2.70. The number of aryl methyl sites for hydroxylation is 2. The minimum Gasteiger partial charge on any atom is -0.370 e. The summed E-state index contributed by atoms with van der Waals surface area (Å²) in [6, 6.07) is 6.00. The molecule has 0 amide bonds. The maximum Gasteiger partial charge on any atom is 0.126 e. The molecule has 4 nitrogen and oxygen atoms in total. The Balaban J connectivity index is 1.87. The maximum atomic E-state index is 4.43. The Hall–Kier alpha value is -1.36. The Morgan fingerprint density at radius 1 is 1.35 bits per heavy atom. The predicted octanol–water partition coefficient (Wildman–Crippen LogP) is 2.54. The maximum absolute atomic E-state index is 4.43. The van der Waals surface area contributed by atoms with Gasteiger partial charge in [0, 0.05) is 30.7 Å². The van der Waals surface area contributed by atoms with E-state index in [1.807, 2.05) is 43.0 Å². The van der Waals surface area contributed by atoms with E-state index in [0.29, 0.717) is 0 Å². The van der Waals surface area contributed by atoms with E-state index in [9.17, 15) is 0 Å². The van der Waals surface area contributed by atoms with Crippen molar-refractivity contribution in [2.24, 2.45) is 7.05 Å². The number of pyridine rings is 1. The Bertz CT molecular complexity index is 507. The third-order valence-electron chi connectivity index (χ3n) is 2.48. The van der Waals surface area contributed by atoms with Gasteiger partial charge in [0.25, 0.3) is 0 Å². The van der Waals surface area contributed by atoms with Gasteiger partial charge in [-0.25, -0.2) is 4.98 Å². The minimum absolute atomic E-state index is 0.838. The second-order valence-electron chi connectivity index (χ2n) is 3.92. The summed E-state index contributed by atoms with van der Waals surface area (Å²) in [5, 5.41) is 7.61. The molecular formula is C12H15BrN4. The zero-order chi connectivity index (χ0) is 12.3. The van der Waals surface area contributed by atoms with E-state index in [0.717, 1.165) is 34.6 Å². The number of aromatic nitrogens is 3. The van der Waals surface area contributed by atoms with E-state index in [2.05, 4.69) is 31.3 Å². The first-order valence-corrected chi connectivity index (χ1v) is 6.30. The summed E-state index contributed by atoms with van der Waals surface area (Å²) in [6.07, 6.45) is 2.86. The fraction of sp³-hybridized carbons (Fsp3) is 0.333. The highest BCUT2D eigenvalue weighted by atomic mass is 79.9. The fourth-order valence-electron chi connectivity index (χ4n) is 1.56. The van der Waals surface area contributed by atoms with Crippen LogP contribution < -0.4 is 5.32 Å². The van der Waals surface area contributed by atoms with Gasteiger partial charge < -0.3 is 5.32 Å². The highest BCUT2D eigenvalue weighted by Crippen LogP contribution is 2.15. The summed E-state index contributed by atoms with van der Waals surface area (Å²) in [5.74, 6) is 0.904. The molecule has 0 aliphatic carbocycles. The highest BCUT2D eigenvalue weighted by Gasteiger charge is 2.00. The first kappa shape index (κ1) is 12.1. The van der Waals surface area contributed by atoms with E-state index in [1.54, 1.807) is 0 Å². The van der Waals surface area contributed by atoms with Crippen LogP contribution in [0.15, 0.2) is 28.9 Å². The summed E-state index contributed by atoms with van der Waals surface area (Å²) in [4.78, 5) is 4.43. The molecule has 0 saturated heterocycles. The molecule has 0 bridgehead atoms. The van der Waals surface area contributed by atoms with Gasteiger partial charge in [0.2, 0.25) is 0 Å². The van der Waals surface area contributed by atoms with Crippen LogP contribution in [0.5, 0.6) is 0 Å². The Kier molecular flexibility index (Phi) is 3.78. The van der Waals surface area contributed by atoms with Crippen LogP contribution in [0.1, 0.15) is 11.4 Å². The zero-order valence-corrected chi connectivity index (χ0v) is 11.5. The molecule has 0 fully saturated rings. The normalized spacial score (nSPS) is 10.5. The van der Waals surface area contributed by atoms with Crippen molar-refractivity contribution in [1.29, 1.82) is 0 Å². The smallest absolute Gasteiger partial charge is 0.126 e. The van der Waals surface area contributed by atoms with Gasteiger partial charge >= 0.3 is 0 Å². The molecule has 2 heterocycles. The van der Waals surface area contributed by atoms with E-state index in [-0.39, 0.29) is 0 Å². The van der Waals surface area contributed by atoms with Gasteiger partial charge in [0.05, 0.1) is 11.4 Å². The molecule has 0 saturated carbocycles.